The number of halogens is 1. The molecule has 0 radical (unpaired) electrons. The van der Waals surface area contributed by atoms with E-state index in [1.54, 1.807) is 17.0 Å². The fourth-order valence-corrected chi connectivity index (χ4v) is 1.81. The minimum absolute atomic E-state index is 0.0870. The molecule has 2 rings (SSSR count). The monoisotopic (exact) mass is 240 g/mol. The minimum Gasteiger partial charge on any atom is -0.365 e. The van der Waals surface area contributed by atoms with E-state index in [0.717, 1.165) is 5.69 Å². The summed E-state index contributed by atoms with van der Waals surface area (Å²) in [5.41, 5.74) is 6.29. The Morgan fingerprint density at radius 2 is 2.12 bits per heavy atom. The molecule has 1 heterocycles. The van der Waals surface area contributed by atoms with Crippen molar-refractivity contribution in [1.29, 1.82) is 0 Å². The molecule has 0 spiro atoms. The normalized spacial score (nSPS) is 21.2. The third-order valence-corrected chi connectivity index (χ3v) is 2.78. The number of nitrogens with two attached hydrogens (primary N) is 1. The summed E-state index contributed by atoms with van der Waals surface area (Å²) < 4.78 is 5.27. The van der Waals surface area contributed by atoms with Crippen LogP contribution in [0.2, 0.25) is 5.02 Å². The maximum atomic E-state index is 11.9. The highest BCUT2D eigenvalue weighted by Crippen LogP contribution is 2.20. The van der Waals surface area contributed by atoms with Gasteiger partial charge in [-0.2, -0.15) is 0 Å². The molecule has 0 bridgehead atoms. The molecule has 4 nitrogen and oxygen atoms in total. The zero-order valence-electron chi connectivity index (χ0n) is 8.73. The predicted molar refractivity (Wildman–Crippen MR) is 62.6 cm³/mol. The first-order chi connectivity index (χ1) is 7.72. The quantitative estimate of drug-likeness (QED) is 0.840. The molecule has 2 N–H and O–H groups in total. The van der Waals surface area contributed by atoms with E-state index in [1.807, 2.05) is 12.1 Å². The van der Waals surface area contributed by atoms with Gasteiger partial charge in [-0.3, -0.25) is 4.79 Å². The van der Waals surface area contributed by atoms with Gasteiger partial charge in [0, 0.05) is 23.8 Å². The third kappa shape index (κ3) is 2.19. The van der Waals surface area contributed by atoms with E-state index in [2.05, 4.69) is 0 Å². The Kier molecular flexibility index (Phi) is 3.43. The molecule has 1 aliphatic rings. The van der Waals surface area contributed by atoms with Crippen molar-refractivity contribution >= 4 is 23.2 Å². The lowest BCUT2D eigenvalue weighted by atomic mass is 10.2. The van der Waals surface area contributed by atoms with E-state index in [9.17, 15) is 4.79 Å². The molecule has 16 heavy (non-hydrogen) atoms. The van der Waals surface area contributed by atoms with Gasteiger partial charge in [0.1, 0.15) is 6.10 Å². The smallest absolute Gasteiger partial charge is 0.257 e. The molecule has 86 valence electrons. The molecule has 1 fully saturated rings. The molecular weight excluding hydrogens is 228 g/mol. The van der Waals surface area contributed by atoms with Crippen LogP contribution < -0.4 is 10.6 Å². The molecule has 0 aliphatic carbocycles. The summed E-state index contributed by atoms with van der Waals surface area (Å²) >= 11 is 5.79. The molecular formula is C11H13ClN2O2. The number of morpholine rings is 1. The Labute approximate surface area is 98.9 Å². The van der Waals surface area contributed by atoms with Gasteiger partial charge < -0.3 is 15.4 Å². The summed E-state index contributed by atoms with van der Waals surface area (Å²) in [5.74, 6) is -0.0870. The highest BCUT2D eigenvalue weighted by Gasteiger charge is 2.29. The molecule has 1 amide bonds. The average molecular weight is 241 g/mol. The van der Waals surface area contributed by atoms with Crippen LogP contribution in [0.25, 0.3) is 0 Å². The van der Waals surface area contributed by atoms with Crippen LogP contribution in [-0.4, -0.2) is 31.7 Å². The highest BCUT2D eigenvalue weighted by molar-refractivity contribution is 6.30. The number of rotatable bonds is 2. The number of anilines is 1. The molecule has 1 aromatic rings. The lowest BCUT2D eigenvalue weighted by Crippen LogP contribution is -2.50. The Morgan fingerprint density at radius 3 is 2.75 bits per heavy atom. The van der Waals surface area contributed by atoms with E-state index in [1.165, 1.54) is 0 Å². The fraction of sp³-hybridized carbons (Fsp3) is 0.364. The second-order valence-corrected chi connectivity index (χ2v) is 4.00. The zero-order chi connectivity index (χ0) is 11.5. The lowest BCUT2D eigenvalue weighted by molar-refractivity contribution is -0.133. The maximum Gasteiger partial charge on any atom is 0.257 e. The number of carbonyl (C=O) groups excluding carboxylic acids is 1. The van der Waals surface area contributed by atoms with Crippen LogP contribution in [0.5, 0.6) is 0 Å². The second-order valence-electron chi connectivity index (χ2n) is 3.56. The van der Waals surface area contributed by atoms with Crippen molar-refractivity contribution in [3.05, 3.63) is 29.3 Å². The number of amides is 1. The van der Waals surface area contributed by atoms with Gasteiger partial charge in [0.15, 0.2) is 0 Å². The van der Waals surface area contributed by atoms with Crippen LogP contribution in [0.4, 0.5) is 5.69 Å². The first-order valence-electron chi connectivity index (χ1n) is 5.11. The van der Waals surface area contributed by atoms with Crippen LogP contribution in [0.1, 0.15) is 0 Å². The van der Waals surface area contributed by atoms with Crippen molar-refractivity contribution in [2.45, 2.75) is 6.10 Å². The van der Waals surface area contributed by atoms with Gasteiger partial charge >= 0.3 is 0 Å². The van der Waals surface area contributed by atoms with Crippen LogP contribution in [0.15, 0.2) is 24.3 Å². The topological polar surface area (TPSA) is 55.6 Å². The van der Waals surface area contributed by atoms with E-state index >= 15 is 0 Å². The van der Waals surface area contributed by atoms with Crippen LogP contribution in [0, 0.1) is 0 Å². The van der Waals surface area contributed by atoms with Crippen molar-refractivity contribution in [2.24, 2.45) is 5.73 Å². The second kappa shape index (κ2) is 4.82. The van der Waals surface area contributed by atoms with E-state index in [4.69, 9.17) is 22.1 Å². The summed E-state index contributed by atoms with van der Waals surface area (Å²) in [5, 5.41) is 0.653. The van der Waals surface area contributed by atoms with Crippen LogP contribution >= 0.6 is 11.6 Å². The summed E-state index contributed by atoms with van der Waals surface area (Å²) in [6.45, 7) is 1.27. The largest absolute Gasteiger partial charge is 0.365 e. The first kappa shape index (κ1) is 11.4. The Hall–Kier alpha value is -1.10. The summed E-state index contributed by atoms with van der Waals surface area (Å²) in [6, 6.07) is 7.16. The Morgan fingerprint density at radius 1 is 1.44 bits per heavy atom. The standard InChI is InChI=1S/C11H13ClN2O2/c12-8-1-3-9(4-2-8)14-5-6-16-10(7-13)11(14)15/h1-4,10H,5-7,13H2. The van der Waals surface area contributed by atoms with Gasteiger partial charge in [0.2, 0.25) is 0 Å². The summed E-state index contributed by atoms with van der Waals surface area (Å²) in [4.78, 5) is 13.6. The average Bonchev–Trinajstić information content (AvgIpc) is 2.31. The van der Waals surface area contributed by atoms with Crippen LogP contribution in [-0.2, 0) is 9.53 Å². The summed E-state index contributed by atoms with van der Waals surface area (Å²) in [6.07, 6.45) is -0.524. The molecule has 1 unspecified atom stereocenters. The maximum absolute atomic E-state index is 11.9. The summed E-state index contributed by atoms with van der Waals surface area (Å²) in [7, 11) is 0. The molecule has 0 saturated carbocycles. The highest BCUT2D eigenvalue weighted by atomic mass is 35.5. The Bertz CT molecular complexity index is 380. The van der Waals surface area contributed by atoms with Crippen molar-refractivity contribution in [3.8, 4) is 0 Å². The van der Waals surface area contributed by atoms with Gasteiger partial charge in [0.05, 0.1) is 6.61 Å². The SMILES string of the molecule is NCC1OCCN(c2ccc(Cl)cc2)C1=O. The van der Waals surface area contributed by atoms with Crippen LogP contribution in [0.3, 0.4) is 0 Å². The predicted octanol–water partition coefficient (Wildman–Crippen LogP) is 1.03. The van der Waals surface area contributed by atoms with Gasteiger partial charge in [-0.05, 0) is 24.3 Å². The number of carbonyl (C=O) groups is 1. The lowest BCUT2D eigenvalue weighted by Gasteiger charge is -2.31. The number of nitrogens with zero attached hydrogens (tertiary/aromatic N) is 1. The molecule has 0 aromatic heterocycles. The van der Waals surface area contributed by atoms with E-state index < -0.39 is 6.10 Å². The molecule has 1 atom stereocenters. The van der Waals surface area contributed by atoms with Gasteiger partial charge in [0.25, 0.3) is 5.91 Å². The Balaban J connectivity index is 2.20. The molecule has 1 aliphatic heterocycles. The fourth-order valence-electron chi connectivity index (χ4n) is 1.69. The molecule has 1 aromatic carbocycles. The number of benzene rings is 1. The van der Waals surface area contributed by atoms with Crippen molar-refractivity contribution in [1.82, 2.24) is 0 Å². The molecule has 5 heteroatoms. The van der Waals surface area contributed by atoms with Crippen molar-refractivity contribution in [2.75, 3.05) is 24.6 Å². The zero-order valence-corrected chi connectivity index (χ0v) is 9.48. The minimum atomic E-state index is -0.524. The van der Waals surface area contributed by atoms with Crippen molar-refractivity contribution in [3.63, 3.8) is 0 Å². The van der Waals surface area contributed by atoms with Gasteiger partial charge in [-0.25, -0.2) is 0 Å². The number of hydrogen-bond donors (Lipinski definition) is 1. The first-order valence-corrected chi connectivity index (χ1v) is 5.49. The van der Waals surface area contributed by atoms with E-state index in [0.29, 0.717) is 18.2 Å². The number of hydrogen-bond acceptors (Lipinski definition) is 3. The third-order valence-electron chi connectivity index (χ3n) is 2.53. The van der Waals surface area contributed by atoms with Gasteiger partial charge in [-0.1, -0.05) is 11.6 Å². The van der Waals surface area contributed by atoms with Crippen molar-refractivity contribution < 1.29 is 9.53 Å². The molecule has 1 saturated heterocycles. The van der Waals surface area contributed by atoms with Gasteiger partial charge in [-0.15, -0.1) is 0 Å². The van der Waals surface area contributed by atoms with E-state index in [-0.39, 0.29) is 12.5 Å². The number of ether oxygens (including phenoxy) is 1.